The van der Waals surface area contributed by atoms with Crippen molar-refractivity contribution in [1.82, 2.24) is 19.4 Å². The van der Waals surface area contributed by atoms with Crippen LogP contribution in [0.2, 0.25) is 5.02 Å². The van der Waals surface area contributed by atoms with E-state index >= 15 is 0 Å². The average Bonchev–Trinajstić information content (AvgIpc) is 3.51. The Balaban J connectivity index is 1.50. The lowest BCUT2D eigenvalue weighted by atomic mass is 9.91. The van der Waals surface area contributed by atoms with Crippen molar-refractivity contribution in [2.75, 3.05) is 20.1 Å². The van der Waals surface area contributed by atoms with E-state index in [0.29, 0.717) is 16.6 Å². The normalized spacial score (nSPS) is 15.9. The van der Waals surface area contributed by atoms with Crippen LogP contribution >= 0.6 is 22.9 Å². The van der Waals surface area contributed by atoms with Crippen molar-refractivity contribution in [3.8, 4) is 21.7 Å². The summed E-state index contributed by atoms with van der Waals surface area (Å²) in [6, 6.07) is 16.4. The lowest BCUT2D eigenvalue weighted by Crippen LogP contribution is -2.31. The first kappa shape index (κ1) is 29.8. The summed E-state index contributed by atoms with van der Waals surface area (Å²) in [4.78, 5) is 25.1. The number of aromatic nitrogens is 3. The topological polar surface area (TPSA) is 80.5 Å². The number of nitrogens with zero attached hydrogens (tertiary/aromatic N) is 4. The van der Waals surface area contributed by atoms with Gasteiger partial charge in [0.05, 0.1) is 26.9 Å². The monoisotopic (exact) mass is 616 g/mol. The Morgan fingerprint density at radius 1 is 1.02 bits per heavy atom. The summed E-state index contributed by atoms with van der Waals surface area (Å²) in [5.74, 6) is 0.00759. The van der Waals surface area contributed by atoms with Crippen LogP contribution in [0.3, 0.4) is 0 Å². The highest BCUT2D eigenvalue weighted by molar-refractivity contribution is 7.22. The Morgan fingerprint density at radius 2 is 1.70 bits per heavy atom. The number of fused-ring (bicyclic) bond motifs is 2. The van der Waals surface area contributed by atoms with Crippen molar-refractivity contribution in [2.24, 2.45) is 0 Å². The molecule has 3 heterocycles. The number of aryl methyl sites for hydroxylation is 2. The van der Waals surface area contributed by atoms with Crippen LogP contribution in [-0.2, 0) is 9.53 Å². The van der Waals surface area contributed by atoms with E-state index in [1.807, 2.05) is 58.0 Å². The van der Waals surface area contributed by atoms with E-state index < -0.39 is 17.7 Å². The molecule has 9 heteroatoms. The van der Waals surface area contributed by atoms with Gasteiger partial charge in [-0.3, -0.25) is 0 Å². The van der Waals surface area contributed by atoms with E-state index in [1.165, 1.54) is 0 Å². The second-order valence-electron chi connectivity index (χ2n) is 12.6. The van der Waals surface area contributed by atoms with Gasteiger partial charge in [-0.1, -0.05) is 23.7 Å². The average molecular weight is 617 g/mol. The number of ether oxygens (including phenoxy) is 1. The minimum absolute atomic E-state index is 0.454. The van der Waals surface area contributed by atoms with Crippen LogP contribution in [0.5, 0.6) is 0 Å². The van der Waals surface area contributed by atoms with Crippen molar-refractivity contribution in [3.63, 3.8) is 0 Å². The molecule has 1 aliphatic heterocycles. The molecule has 1 unspecified atom stereocenters. The molecule has 0 aliphatic carbocycles. The number of benzene rings is 3. The van der Waals surface area contributed by atoms with Gasteiger partial charge >= 0.3 is 5.97 Å². The fourth-order valence-electron chi connectivity index (χ4n) is 6.23. The number of carboxylic acids is 1. The summed E-state index contributed by atoms with van der Waals surface area (Å²) < 4.78 is 9.47. The number of piperidine rings is 1. The van der Waals surface area contributed by atoms with Gasteiger partial charge in [-0.25, -0.2) is 14.8 Å². The smallest absolute Gasteiger partial charge is 0.337 e. The highest BCUT2D eigenvalue weighted by Crippen LogP contribution is 2.44. The zero-order valence-corrected chi connectivity index (χ0v) is 27.0. The van der Waals surface area contributed by atoms with Gasteiger partial charge in [0, 0.05) is 27.8 Å². The number of carboxylic acid groups (broad SMARTS) is 1. The molecule has 1 aliphatic rings. The molecule has 7 nitrogen and oxygen atoms in total. The first-order valence-electron chi connectivity index (χ1n) is 14.7. The second kappa shape index (κ2) is 11.3. The number of rotatable bonds is 6. The molecular weight excluding hydrogens is 580 g/mol. The van der Waals surface area contributed by atoms with Gasteiger partial charge in [0.2, 0.25) is 0 Å². The number of imidazole rings is 1. The van der Waals surface area contributed by atoms with Crippen LogP contribution < -0.4 is 0 Å². The minimum atomic E-state index is -1.15. The summed E-state index contributed by atoms with van der Waals surface area (Å²) in [6.07, 6.45) is 1.09. The SMILES string of the molecule is Cc1cc2nc(-c3ccc4c(c3)nc(C)n4C3CCN(C)CC3)sc2c(-c2ccc(Cl)cc2)c1C(OC(C)(C)C)C(=O)O. The van der Waals surface area contributed by atoms with E-state index in [-0.39, 0.29) is 0 Å². The Kier molecular flexibility index (Phi) is 7.84. The number of aliphatic carboxylic acids is 1. The highest BCUT2D eigenvalue weighted by Gasteiger charge is 2.32. The molecule has 1 N–H and O–H groups in total. The molecule has 1 saturated heterocycles. The number of halogens is 1. The summed E-state index contributed by atoms with van der Waals surface area (Å²) in [5.41, 5.74) is 6.40. The Labute approximate surface area is 261 Å². The summed E-state index contributed by atoms with van der Waals surface area (Å²) in [7, 11) is 2.18. The molecule has 5 aromatic rings. The van der Waals surface area contributed by atoms with Crippen LogP contribution in [0.4, 0.5) is 0 Å². The van der Waals surface area contributed by atoms with Crippen molar-refractivity contribution in [2.45, 2.75) is 65.2 Å². The lowest BCUT2D eigenvalue weighted by Gasteiger charge is -2.30. The molecule has 224 valence electrons. The number of hydrogen-bond donors (Lipinski definition) is 1. The Hall–Kier alpha value is -3.30. The second-order valence-corrected chi connectivity index (χ2v) is 14.0. The molecule has 0 spiro atoms. The standard InChI is InChI=1S/C34H37ClN4O3S/c1-19-17-26-31(29(21-7-10-23(35)11-8-21)28(19)30(33(40)41)42-34(3,4)5)43-32(37-26)22-9-12-27-25(18-22)36-20(2)39(27)24-13-15-38(6)16-14-24/h7-12,17-18,24,30H,13-16H2,1-6H3,(H,40,41). The summed E-state index contributed by atoms with van der Waals surface area (Å²) >= 11 is 7.81. The molecule has 3 aromatic carbocycles. The number of thiazole rings is 1. The van der Waals surface area contributed by atoms with E-state index in [1.54, 1.807) is 11.3 Å². The largest absolute Gasteiger partial charge is 0.479 e. The molecule has 2 aromatic heterocycles. The predicted octanol–water partition coefficient (Wildman–Crippen LogP) is 8.46. The molecule has 1 atom stereocenters. The number of likely N-dealkylation sites (tertiary alicyclic amines) is 1. The van der Waals surface area contributed by atoms with Crippen LogP contribution in [0.15, 0.2) is 48.5 Å². The van der Waals surface area contributed by atoms with E-state index in [4.69, 9.17) is 26.3 Å². The van der Waals surface area contributed by atoms with Crippen LogP contribution in [0.25, 0.3) is 42.9 Å². The molecule has 0 amide bonds. The first-order valence-corrected chi connectivity index (χ1v) is 15.9. The van der Waals surface area contributed by atoms with Gasteiger partial charge in [0.15, 0.2) is 6.10 Å². The molecule has 6 rings (SSSR count). The van der Waals surface area contributed by atoms with Gasteiger partial charge in [0.1, 0.15) is 10.8 Å². The first-order chi connectivity index (χ1) is 20.4. The Morgan fingerprint density at radius 3 is 2.35 bits per heavy atom. The molecule has 0 bridgehead atoms. The van der Waals surface area contributed by atoms with Crippen LogP contribution in [0, 0.1) is 13.8 Å². The van der Waals surface area contributed by atoms with Gasteiger partial charge in [-0.2, -0.15) is 0 Å². The highest BCUT2D eigenvalue weighted by atomic mass is 35.5. The molecule has 1 fully saturated rings. The summed E-state index contributed by atoms with van der Waals surface area (Å²) in [6.45, 7) is 11.8. The molecule has 43 heavy (non-hydrogen) atoms. The zero-order valence-electron chi connectivity index (χ0n) is 25.4. The fraction of sp³-hybridized carbons (Fsp3) is 0.382. The van der Waals surface area contributed by atoms with Gasteiger partial charge in [-0.05, 0) is 115 Å². The lowest BCUT2D eigenvalue weighted by molar-refractivity contribution is -0.160. The summed E-state index contributed by atoms with van der Waals surface area (Å²) in [5, 5.41) is 11.8. The maximum Gasteiger partial charge on any atom is 0.337 e. The third-order valence-electron chi connectivity index (χ3n) is 8.18. The van der Waals surface area contributed by atoms with Crippen LogP contribution in [0.1, 0.15) is 62.7 Å². The quantitative estimate of drug-likeness (QED) is 0.206. The van der Waals surface area contributed by atoms with Crippen molar-refractivity contribution in [1.29, 1.82) is 0 Å². The van der Waals surface area contributed by atoms with Crippen molar-refractivity contribution in [3.05, 3.63) is 70.5 Å². The van der Waals surface area contributed by atoms with Crippen LogP contribution in [-0.4, -0.2) is 56.2 Å². The van der Waals surface area contributed by atoms with E-state index in [2.05, 4.69) is 41.6 Å². The van der Waals surface area contributed by atoms with Gasteiger partial charge in [-0.15, -0.1) is 11.3 Å². The third-order valence-corrected chi connectivity index (χ3v) is 9.57. The van der Waals surface area contributed by atoms with Crippen molar-refractivity contribution >= 4 is 50.2 Å². The minimum Gasteiger partial charge on any atom is -0.479 e. The third kappa shape index (κ3) is 5.81. The maximum atomic E-state index is 12.6. The van der Waals surface area contributed by atoms with Gasteiger partial charge < -0.3 is 19.3 Å². The number of carbonyl (C=O) groups is 1. The maximum absolute atomic E-state index is 12.6. The predicted molar refractivity (Wildman–Crippen MR) is 175 cm³/mol. The molecule has 0 radical (unpaired) electrons. The van der Waals surface area contributed by atoms with Crippen molar-refractivity contribution < 1.29 is 14.6 Å². The Bertz CT molecular complexity index is 1830. The van der Waals surface area contributed by atoms with Gasteiger partial charge in [0.25, 0.3) is 0 Å². The number of hydrogen-bond acceptors (Lipinski definition) is 6. The van der Waals surface area contributed by atoms with E-state index in [9.17, 15) is 9.90 Å². The molecule has 0 saturated carbocycles. The zero-order chi connectivity index (χ0) is 30.6. The fourth-order valence-corrected chi connectivity index (χ4v) is 7.48. The molecular formula is C34H37ClN4O3S. The van der Waals surface area contributed by atoms with E-state index in [0.717, 1.165) is 80.3 Å².